The van der Waals surface area contributed by atoms with Gasteiger partial charge in [-0.15, -0.1) is 0 Å². The van der Waals surface area contributed by atoms with Crippen LogP contribution in [0.3, 0.4) is 0 Å². The highest BCUT2D eigenvalue weighted by Gasteiger charge is 2.19. The largest absolute Gasteiger partial charge is 0.480 e. The maximum absolute atomic E-state index is 11.9. The van der Waals surface area contributed by atoms with E-state index in [1.807, 2.05) is 51.1 Å². The lowest BCUT2D eigenvalue weighted by Crippen LogP contribution is -2.40. The summed E-state index contributed by atoms with van der Waals surface area (Å²) in [7, 11) is 0. The van der Waals surface area contributed by atoms with Gasteiger partial charge in [0.15, 0.2) is 0 Å². The SMILES string of the molecule is CC(C)=CC[C@@H](NC(=O)CCC(=O)N[C@H](C)c1ccccc1)C(=O)O. The minimum absolute atomic E-state index is 0.0119. The van der Waals surface area contributed by atoms with Crippen molar-refractivity contribution in [2.24, 2.45) is 0 Å². The van der Waals surface area contributed by atoms with Gasteiger partial charge in [0, 0.05) is 12.8 Å². The molecule has 2 amide bonds. The molecule has 6 nitrogen and oxygen atoms in total. The van der Waals surface area contributed by atoms with Crippen LogP contribution in [0.5, 0.6) is 0 Å². The molecule has 0 heterocycles. The predicted molar refractivity (Wildman–Crippen MR) is 95.8 cm³/mol. The fourth-order valence-corrected chi connectivity index (χ4v) is 2.21. The summed E-state index contributed by atoms with van der Waals surface area (Å²) in [6.45, 7) is 5.59. The second kappa shape index (κ2) is 10.3. The van der Waals surface area contributed by atoms with Gasteiger partial charge in [0.25, 0.3) is 0 Å². The van der Waals surface area contributed by atoms with Crippen LogP contribution in [0.4, 0.5) is 0 Å². The monoisotopic (exact) mass is 346 g/mol. The third-order valence-corrected chi connectivity index (χ3v) is 3.65. The Kier molecular flexibility index (Phi) is 8.39. The Morgan fingerprint density at radius 2 is 1.60 bits per heavy atom. The molecular weight excluding hydrogens is 320 g/mol. The molecule has 1 aromatic rings. The van der Waals surface area contributed by atoms with Gasteiger partial charge in [0.2, 0.25) is 11.8 Å². The van der Waals surface area contributed by atoms with E-state index in [-0.39, 0.29) is 31.2 Å². The van der Waals surface area contributed by atoms with Crippen molar-refractivity contribution in [3.8, 4) is 0 Å². The fraction of sp³-hybridized carbons (Fsp3) is 0.421. The number of carbonyl (C=O) groups is 3. The summed E-state index contributed by atoms with van der Waals surface area (Å²) in [5, 5.41) is 14.4. The second-order valence-corrected chi connectivity index (χ2v) is 6.18. The minimum atomic E-state index is -1.09. The molecule has 0 aliphatic rings. The van der Waals surface area contributed by atoms with Gasteiger partial charge in [-0.25, -0.2) is 4.79 Å². The number of hydrogen-bond acceptors (Lipinski definition) is 3. The smallest absolute Gasteiger partial charge is 0.326 e. The van der Waals surface area contributed by atoms with E-state index in [0.717, 1.165) is 11.1 Å². The maximum Gasteiger partial charge on any atom is 0.326 e. The highest BCUT2D eigenvalue weighted by molar-refractivity contribution is 5.87. The van der Waals surface area contributed by atoms with Crippen molar-refractivity contribution >= 4 is 17.8 Å². The van der Waals surface area contributed by atoms with Crippen LogP contribution >= 0.6 is 0 Å². The van der Waals surface area contributed by atoms with Crippen molar-refractivity contribution in [3.63, 3.8) is 0 Å². The Morgan fingerprint density at radius 1 is 1.04 bits per heavy atom. The van der Waals surface area contributed by atoms with Crippen LogP contribution in [-0.2, 0) is 14.4 Å². The zero-order chi connectivity index (χ0) is 18.8. The van der Waals surface area contributed by atoms with E-state index in [1.165, 1.54) is 0 Å². The molecule has 2 atom stereocenters. The summed E-state index contributed by atoms with van der Waals surface area (Å²) >= 11 is 0. The molecule has 25 heavy (non-hydrogen) atoms. The lowest BCUT2D eigenvalue weighted by atomic mass is 10.1. The molecule has 136 valence electrons. The van der Waals surface area contributed by atoms with Gasteiger partial charge in [0.05, 0.1) is 6.04 Å². The molecule has 0 saturated heterocycles. The Balaban J connectivity index is 2.42. The van der Waals surface area contributed by atoms with E-state index in [2.05, 4.69) is 10.6 Å². The quantitative estimate of drug-likeness (QED) is 0.599. The number of carboxylic acids is 1. The molecule has 0 fully saturated rings. The topological polar surface area (TPSA) is 95.5 Å². The molecule has 0 aliphatic carbocycles. The van der Waals surface area contributed by atoms with Crippen molar-refractivity contribution in [1.29, 1.82) is 0 Å². The van der Waals surface area contributed by atoms with Crippen LogP contribution in [0.25, 0.3) is 0 Å². The number of hydrogen-bond donors (Lipinski definition) is 3. The van der Waals surface area contributed by atoms with Gasteiger partial charge < -0.3 is 15.7 Å². The first-order valence-electron chi connectivity index (χ1n) is 8.29. The summed E-state index contributed by atoms with van der Waals surface area (Å²) < 4.78 is 0. The van der Waals surface area contributed by atoms with Gasteiger partial charge in [-0.05, 0) is 32.8 Å². The zero-order valence-corrected chi connectivity index (χ0v) is 14.9. The Morgan fingerprint density at radius 3 is 2.12 bits per heavy atom. The van der Waals surface area contributed by atoms with Crippen LogP contribution in [0.1, 0.15) is 51.6 Å². The van der Waals surface area contributed by atoms with Crippen molar-refractivity contribution in [2.45, 2.75) is 52.1 Å². The normalized spacial score (nSPS) is 12.6. The van der Waals surface area contributed by atoms with E-state index >= 15 is 0 Å². The highest BCUT2D eigenvalue weighted by Crippen LogP contribution is 2.11. The molecule has 6 heteroatoms. The van der Waals surface area contributed by atoms with Crippen LogP contribution in [0, 0.1) is 0 Å². The number of nitrogens with one attached hydrogen (secondary N) is 2. The Bertz CT molecular complexity index is 622. The van der Waals surface area contributed by atoms with Crippen LogP contribution in [0.2, 0.25) is 0 Å². The summed E-state index contributed by atoms with van der Waals surface area (Å²) in [5.41, 5.74) is 1.96. The molecule has 1 rings (SSSR count). The van der Waals surface area contributed by atoms with Crippen molar-refractivity contribution in [2.75, 3.05) is 0 Å². The number of allylic oxidation sites excluding steroid dienone is 1. The summed E-state index contributed by atoms with van der Waals surface area (Å²) in [6.07, 6.45) is 1.94. The van der Waals surface area contributed by atoms with Gasteiger partial charge in [-0.3, -0.25) is 9.59 Å². The molecule has 0 aliphatic heterocycles. The number of rotatable bonds is 9. The minimum Gasteiger partial charge on any atom is -0.480 e. The summed E-state index contributed by atoms with van der Waals surface area (Å²) in [6, 6.07) is 8.39. The molecule has 1 aromatic carbocycles. The number of carboxylic acid groups (broad SMARTS) is 1. The number of aliphatic carboxylic acids is 1. The van der Waals surface area contributed by atoms with Crippen LogP contribution in [0.15, 0.2) is 42.0 Å². The lowest BCUT2D eigenvalue weighted by Gasteiger charge is -2.15. The molecule has 0 bridgehead atoms. The zero-order valence-electron chi connectivity index (χ0n) is 14.9. The third-order valence-electron chi connectivity index (χ3n) is 3.65. The molecule has 0 aromatic heterocycles. The van der Waals surface area contributed by atoms with Crippen molar-refractivity contribution in [3.05, 3.63) is 47.5 Å². The summed E-state index contributed by atoms with van der Waals surface area (Å²) in [5.74, 6) is -1.78. The van der Waals surface area contributed by atoms with Crippen molar-refractivity contribution < 1.29 is 19.5 Å². The molecule has 0 radical (unpaired) electrons. The van der Waals surface area contributed by atoms with Gasteiger partial charge in [-0.1, -0.05) is 42.0 Å². The average molecular weight is 346 g/mol. The lowest BCUT2D eigenvalue weighted by molar-refractivity contribution is -0.141. The first-order valence-corrected chi connectivity index (χ1v) is 8.29. The molecule has 0 spiro atoms. The maximum atomic E-state index is 11.9. The molecule has 0 unspecified atom stereocenters. The number of amides is 2. The molecule has 3 N–H and O–H groups in total. The third kappa shape index (κ3) is 8.15. The first-order chi connectivity index (χ1) is 11.8. The van der Waals surface area contributed by atoms with Gasteiger partial charge >= 0.3 is 5.97 Å². The first kappa shape index (κ1) is 20.4. The standard InChI is InChI=1S/C19H26N2O4/c1-13(2)9-10-16(19(24)25)21-18(23)12-11-17(22)20-14(3)15-7-5-4-6-8-15/h4-9,14,16H,10-12H2,1-3H3,(H,20,22)(H,21,23)(H,24,25)/t14-,16-/m1/s1. The van der Waals surface area contributed by atoms with Gasteiger partial charge in [-0.2, -0.15) is 0 Å². The Hall–Kier alpha value is -2.63. The highest BCUT2D eigenvalue weighted by atomic mass is 16.4. The summed E-state index contributed by atoms with van der Waals surface area (Å²) in [4.78, 5) is 35.0. The van der Waals surface area contributed by atoms with E-state index in [9.17, 15) is 14.4 Å². The van der Waals surface area contributed by atoms with Crippen LogP contribution in [-0.4, -0.2) is 28.9 Å². The van der Waals surface area contributed by atoms with E-state index in [4.69, 9.17) is 5.11 Å². The van der Waals surface area contributed by atoms with E-state index in [1.54, 1.807) is 6.08 Å². The predicted octanol–water partition coefficient (Wildman–Crippen LogP) is 2.57. The van der Waals surface area contributed by atoms with E-state index < -0.39 is 17.9 Å². The van der Waals surface area contributed by atoms with Gasteiger partial charge in [0.1, 0.15) is 6.04 Å². The molecule has 0 saturated carbocycles. The fourth-order valence-electron chi connectivity index (χ4n) is 2.21. The number of benzene rings is 1. The van der Waals surface area contributed by atoms with Crippen molar-refractivity contribution in [1.82, 2.24) is 10.6 Å². The number of carbonyl (C=O) groups excluding carboxylic acids is 2. The second-order valence-electron chi connectivity index (χ2n) is 6.18. The average Bonchev–Trinajstić information content (AvgIpc) is 2.57. The van der Waals surface area contributed by atoms with E-state index in [0.29, 0.717) is 0 Å². The molecular formula is C19H26N2O4. The Labute approximate surface area is 148 Å². The van der Waals surface area contributed by atoms with Crippen LogP contribution < -0.4 is 10.6 Å².